The van der Waals surface area contributed by atoms with Crippen LogP contribution < -0.4 is 14.9 Å². The van der Waals surface area contributed by atoms with Gasteiger partial charge in [-0.05, 0) is 40.8 Å². The third-order valence-corrected chi connectivity index (χ3v) is 4.31. The van der Waals surface area contributed by atoms with Gasteiger partial charge in [0.05, 0.1) is 11.8 Å². The van der Waals surface area contributed by atoms with E-state index in [0.717, 1.165) is 5.56 Å². The summed E-state index contributed by atoms with van der Waals surface area (Å²) < 4.78 is 11.4. The van der Waals surface area contributed by atoms with Crippen molar-refractivity contribution in [1.29, 1.82) is 0 Å². The van der Waals surface area contributed by atoms with Gasteiger partial charge in [0, 0.05) is 0 Å². The van der Waals surface area contributed by atoms with Gasteiger partial charge in [0.2, 0.25) is 6.10 Å². The van der Waals surface area contributed by atoms with Crippen molar-refractivity contribution in [1.82, 2.24) is 5.43 Å². The topological polar surface area (TPSA) is 97.2 Å². The maximum absolute atomic E-state index is 12.3. The van der Waals surface area contributed by atoms with Crippen molar-refractivity contribution in [2.45, 2.75) is 32.3 Å². The lowest BCUT2D eigenvalue weighted by Gasteiger charge is -2.27. The van der Waals surface area contributed by atoms with Gasteiger partial charge in [-0.25, -0.2) is 10.2 Å². The van der Waals surface area contributed by atoms with E-state index in [1.807, 2.05) is 18.2 Å². The number of ether oxygens (including phenoxy) is 2. The quantitative estimate of drug-likeness (QED) is 0.626. The van der Waals surface area contributed by atoms with Gasteiger partial charge in [-0.1, -0.05) is 39.0 Å². The molecule has 0 bridgehead atoms. The number of hydrogen-bond acceptors (Lipinski definition) is 5. The second-order valence-electron chi connectivity index (χ2n) is 7.49. The first-order valence-corrected chi connectivity index (χ1v) is 8.84. The molecule has 0 saturated carbocycles. The Labute approximate surface area is 163 Å². The molecule has 2 N–H and O–H groups in total. The third kappa shape index (κ3) is 4.49. The van der Waals surface area contributed by atoms with Crippen LogP contribution in [0.1, 0.15) is 42.3 Å². The van der Waals surface area contributed by atoms with Crippen LogP contribution in [0, 0.1) is 0 Å². The van der Waals surface area contributed by atoms with Crippen molar-refractivity contribution in [3.63, 3.8) is 0 Å². The number of carboxylic acids is 1. The molecule has 7 heteroatoms. The number of hydrazone groups is 1. The first-order chi connectivity index (χ1) is 13.2. The minimum absolute atomic E-state index is 0.0475. The van der Waals surface area contributed by atoms with Crippen molar-refractivity contribution in [3.05, 3.63) is 59.2 Å². The van der Waals surface area contributed by atoms with E-state index in [-0.39, 0.29) is 17.6 Å². The minimum atomic E-state index is -0.999. The molecular formula is C21H22N2O5. The van der Waals surface area contributed by atoms with Gasteiger partial charge in [-0.3, -0.25) is 4.79 Å². The molecule has 3 rings (SSSR count). The van der Waals surface area contributed by atoms with Crippen molar-refractivity contribution in [3.8, 4) is 11.5 Å². The van der Waals surface area contributed by atoms with E-state index in [1.165, 1.54) is 18.3 Å². The summed E-state index contributed by atoms with van der Waals surface area (Å²) in [6.45, 7) is 6.39. The highest BCUT2D eigenvalue weighted by molar-refractivity contribution is 5.89. The molecule has 146 valence electrons. The molecule has 1 amide bonds. The molecule has 2 aromatic carbocycles. The largest absolute Gasteiger partial charge is 0.485 e. The summed E-state index contributed by atoms with van der Waals surface area (Å²) in [6.07, 6.45) is 0.619. The molecule has 1 aliphatic heterocycles. The van der Waals surface area contributed by atoms with E-state index in [9.17, 15) is 9.59 Å². The Hall–Kier alpha value is -3.35. The zero-order chi connectivity index (χ0) is 20.3. The zero-order valence-corrected chi connectivity index (χ0v) is 15.9. The number of carboxylic acid groups (broad SMARTS) is 1. The first-order valence-electron chi connectivity index (χ1n) is 8.84. The van der Waals surface area contributed by atoms with Gasteiger partial charge >= 0.3 is 5.97 Å². The normalized spacial score (nSPS) is 16.0. The van der Waals surface area contributed by atoms with Gasteiger partial charge in [-0.15, -0.1) is 0 Å². The molecule has 1 heterocycles. The summed E-state index contributed by atoms with van der Waals surface area (Å²) >= 11 is 0. The van der Waals surface area contributed by atoms with Crippen LogP contribution in [0.4, 0.5) is 0 Å². The minimum Gasteiger partial charge on any atom is -0.485 e. The Bertz CT molecular complexity index is 913. The fourth-order valence-electron chi connectivity index (χ4n) is 2.62. The van der Waals surface area contributed by atoms with Crippen molar-refractivity contribution < 1.29 is 24.2 Å². The summed E-state index contributed by atoms with van der Waals surface area (Å²) in [5.74, 6) is -0.280. The fourth-order valence-corrected chi connectivity index (χ4v) is 2.62. The molecule has 0 saturated heterocycles. The van der Waals surface area contributed by atoms with E-state index < -0.39 is 18.0 Å². The van der Waals surface area contributed by atoms with E-state index in [1.54, 1.807) is 12.1 Å². The average molecular weight is 382 g/mol. The van der Waals surface area contributed by atoms with Crippen LogP contribution in [0.15, 0.2) is 47.6 Å². The Morgan fingerprint density at radius 3 is 2.50 bits per heavy atom. The molecule has 2 aromatic rings. The van der Waals surface area contributed by atoms with Crippen LogP contribution in [0.2, 0.25) is 0 Å². The molecule has 0 spiro atoms. The lowest BCUT2D eigenvalue weighted by molar-refractivity contribution is -0.130. The number of benzene rings is 2. The van der Waals surface area contributed by atoms with Gasteiger partial charge in [-0.2, -0.15) is 5.10 Å². The molecular weight excluding hydrogens is 360 g/mol. The Kier molecular flexibility index (Phi) is 5.35. The number of amides is 1. The Morgan fingerprint density at radius 2 is 1.86 bits per heavy atom. The molecule has 1 unspecified atom stereocenters. The molecule has 0 aliphatic carbocycles. The van der Waals surface area contributed by atoms with Crippen LogP contribution >= 0.6 is 0 Å². The van der Waals surface area contributed by atoms with E-state index in [2.05, 4.69) is 31.3 Å². The van der Waals surface area contributed by atoms with Crippen LogP contribution in [0.3, 0.4) is 0 Å². The van der Waals surface area contributed by atoms with Crippen LogP contribution in [-0.2, 0) is 10.2 Å². The van der Waals surface area contributed by atoms with E-state index in [4.69, 9.17) is 14.6 Å². The molecule has 0 radical (unpaired) electrons. The van der Waals surface area contributed by atoms with Crippen LogP contribution in [-0.4, -0.2) is 35.9 Å². The van der Waals surface area contributed by atoms with E-state index in [0.29, 0.717) is 17.1 Å². The van der Waals surface area contributed by atoms with Crippen molar-refractivity contribution in [2.75, 3.05) is 6.61 Å². The lowest BCUT2D eigenvalue weighted by Crippen LogP contribution is -2.42. The number of nitrogens with zero attached hydrogens (tertiary/aromatic N) is 1. The SMILES string of the molecule is CC(C)(C)c1ccc2c(c1)OC(C(=O)NN=Cc1ccc(C(=O)O)cc1)CO2. The van der Waals surface area contributed by atoms with Crippen molar-refractivity contribution in [2.24, 2.45) is 5.10 Å². The van der Waals surface area contributed by atoms with Gasteiger partial charge in [0.1, 0.15) is 6.61 Å². The standard InChI is InChI=1S/C21H22N2O5/c1-21(2,3)15-8-9-16-17(10-15)28-18(12-27-16)19(24)23-22-11-13-4-6-14(7-5-13)20(25)26/h4-11,18H,12H2,1-3H3,(H,23,24)(H,25,26). The maximum atomic E-state index is 12.3. The number of rotatable bonds is 4. The second kappa shape index (κ2) is 7.72. The predicted molar refractivity (Wildman–Crippen MR) is 104 cm³/mol. The third-order valence-electron chi connectivity index (χ3n) is 4.31. The number of fused-ring (bicyclic) bond motifs is 1. The van der Waals surface area contributed by atoms with Crippen molar-refractivity contribution >= 4 is 18.1 Å². The lowest BCUT2D eigenvalue weighted by atomic mass is 9.87. The monoisotopic (exact) mass is 382 g/mol. The van der Waals surface area contributed by atoms with Crippen LogP contribution in [0.5, 0.6) is 11.5 Å². The summed E-state index contributed by atoms with van der Waals surface area (Å²) in [6, 6.07) is 11.9. The molecule has 1 aliphatic rings. The molecule has 0 aromatic heterocycles. The summed E-state index contributed by atoms with van der Waals surface area (Å²) in [4.78, 5) is 23.2. The molecule has 1 atom stereocenters. The highest BCUT2D eigenvalue weighted by Crippen LogP contribution is 2.36. The maximum Gasteiger partial charge on any atom is 0.335 e. The second-order valence-corrected chi connectivity index (χ2v) is 7.49. The van der Waals surface area contributed by atoms with Crippen LogP contribution in [0.25, 0.3) is 0 Å². The highest BCUT2D eigenvalue weighted by atomic mass is 16.6. The first kappa shape index (κ1) is 19.4. The average Bonchev–Trinajstić information content (AvgIpc) is 2.66. The predicted octanol–water partition coefficient (Wildman–Crippen LogP) is 2.97. The smallest absolute Gasteiger partial charge is 0.335 e. The fraction of sp³-hybridized carbons (Fsp3) is 0.286. The van der Waals surface area contributed by atoms with Gasteiger partial charge < -0.3 is 14.6 Å². The Morgan fingerprint density at radius 1 is 1.14 bits per heavy atom. The van der Waals surface area contributed by atoms with E-state index >= 15 is 0 Å². The number of carbonyl (C=O) groups excluding carboxylic acids is 1. The number of nitrogens with one attached hydrogen (secondary N) is 1. The number of hydrogen-bond donors (Lipinski definition) is 2. The number of carbonyl (C=O) groups is 2. The number of aromatic carboxylic acids is 1. The molecule has 0 fully saturated rings. The summed E-state index contributed by atoms with van der Waals surface area (Å²) in [7, 11) is 0. The Balaban J connectivity index is 1.62. The molecule has 28 heavy (non-hydrogen) atoms. The zero-order valence-electron chi connectivity index (χ0n) is 15.9. The van der Waals surface area contributed by atoms with Gasteiger partial charge in [0.15, 0.2) is 11.5 Å². The molecule has 7 nitrogen and oxygen atoms in total. The van der Waals surface area contributed by atoms with Gasteiger partial charge in [0.25, 0.3) is 5.91 Å². The summed E-state index contributed by atoms with van der Waals surface area (Å²) in [5, 5.41) is 12.8. The highest BCUT2D eigenvalue weighted by Gasteiger charge is 2.28. The summed E-state index contributed by atoms with van der Waals surface area (Å²) in [5.41, 5.74) is 4.30.